The van der Waals surface area contributed by atoms with Crippen LogP contribution in [0.15, 0.2) is 23.1 Å². The number of amides is 1. The van der Waals surface area contributed by atoms with Gasteiger partial charge in [-0.3, -0.25) is 14.5 Å². The molecule has 1 aromatic rings. The van der Waals surface area contributed by atoms with Crippen molar-refractivity contribution in [2.45, 2.75) is 17.9 Å². The number of piperazine rings is 1. The van der Waals surface area contributed by atoms with Gasteiger partial charge < -0.3 is 15.2 Å². The van der Waals surface area contributed by atoms with E-state index in [1.807, 2.05) is 0 Å². The Labute approximate surface area is 145 Å². The van der Waals surface area contributed by atoms with Gasteiger partial charge in [0, 0.05) is 26.2 Å². The van der Waals surface area contributed by atoms with Crippen LogP contribution in [0.4, 0.5) is 5.69 Å². The topological polar surface area (TPSA) is 116 Å². The Morgan fingerprint density at radius 1 is 1.28 bits per heavy atom. The number of hydrogen-bond acceptors (Lipinski definition) is 6. The normalized spacial score (nSPS) is 20.3. The van der Waals surface area contributed by atoms with Crippen molar-refractivity contribution < 1.29 is 27.9 Å². The number of nitrogens with one attached hydrogen (secondary N) is 1. The van der Waals surface area contributed by atoms with E-state index in [1.165, 1.54) is 22.5 Å². The number of rotatable bonds is 4. The lowest BCUT2D eigenvalue weighted by Gasteiger charge is -2.35. The Morgan fingerprint density at radius 3 is 2.60 bits per heavy atom. The fraction of sp³-hybridized carbons (Fsp3) is 0.467. The molecule has 0 spiro atoms. The minimum absolute atomic E-state index is 0.0665. The van der Waals surface area contributed by atoms with Crippen LogP contribution >= 0.6 is 0 Å². The zero-order chi connectivity index (χ0) is 18.2. The summed E-state index contributed by atoms with van der Waals surface area (Å²) >= 11 is 0. The van der Waals surface area contributed by atoms with Gasteiger partial charge in [0.15, 0.2) is 6.61 Å². The number of ether oxygens (including phenoxy) is 1. The van der Waals surface area contributed by atoms with Crippen molar-refractivity contribution in [3.63, 3.8) is 0 Å². The molecular weight excluding hydrogens is 350 g/mol. The Kier molecular flexibility index (Phi) is 4.67. The number of hydrogen-bond donors (Lipinski definition) is 2. The van der Waals surface area contributed by atoms with E-state index in [9.17, 15) is 18.0 Å². The third kappa shape index (κ3) is 3.46. The van der Waals surface area contributed by atoms with E-state index in [0.717, 1.165) is 0 Å². The van der Waals surface area contributed by atoms with E-state index in [-0.39, 0.29) is 30.5 Å². The molecule has 2 N–H and O–H groups in total. The van der Waals surface area contributed by atoms with Crippen molar-refractivity contribution in [2.24, 2.45) is 0 Å². The molecule has 1 saturated heterocycles. The average molecular weight is 369 g/mol. The predicted octanol–water partition coefficient (Wildman–Crippen LogP) is -0.203. The molecule has 1 fully saturated rings. The number of nitrogens with zero attached hydrogens (tertiary/aromatic N) is 2. The van der Waals surface area contributed by atoms with Gasteiger partial charge in [0.25, 0.3) is 5.91 Å². The molecule has 1 atom stereocenters. The molecule has 2 aliphatic heterocycles. The molecular formula is C15H19N3O6S. The van der Waals surface area contributed by atoms with Gasteiger partial charge in [0.2, 0.25) is 10.0 Å². The summed E-state index contributed by atoms with van der Waals surface area (Å²) in [7, 11) is -3.73. The summed E-state index contributed by atoms with van der Waals surface area (Å²) in [4.78, 5) is 24.2. The molecule has 0 saturated carbocycles. The summed E-state index contributed by atoms with van der Waals surface area (Å²) in [5.74, 6) is -0.835. The maximum atomic E-state index is 12.8. The zero-order valence-corrected chi connectivity index (χ0v) is 14.5. The van der Waals surface area contributed by atoms with Crippen LogP contribution in [0, 0.1) is 0 Å². The van der Waals surface area contributed by atoms with Gasteiger partial charge in [-0.05, 0) is 25.1 Å². The van der Waals surface area contributed by atoms with E-state index in [4.69, 9.17) is 9.84 Å². The second kappa shape index (κ2) is 6.62. The van der Waals surface area contributed by atoms with Crippen molar-refractivity contribution >= 4 is 27.6 Å². The quantitative estimate of drug-likeness (QED) is 0.755. The number of carboxylic acid groups (broad SMARTS) is 1. The smallest absolute Gasteiger partial charge is 0.320 e. The zero-order valence-electron chi connectivity index (χ0n) is 13.6. The van der Waals surface area contributed by atoms with E-state index in [0.29, 0.717) is 24.5 Å². The summed E-state index contributed by atoms with van der Waals surface area (Å²) in [6.07, 6.45) is 0. The third-order valence-electron chi connectivity index (χ3n) is 4.40. The van der Waals surface area contributed by atoms with Gasteiger partial charge >= 0.3 is 5.97 Å². The molecule has 25 heavy (non-hydrogen) atoms. The summed E-state index contributed by atoms with van der Waals surface area (Å²) < 4.78 is 32.2. The molecule has 1 amide bonds. The lowest BCUT2D eigenvalue weighted by molar-refractivity contribution is -0.143. The molecule has 1 aromatic carbocycles. The number of sulfonamides is 1. The SMILES string of the molecule is CC(C(=O)O)N1CCN(S(=O)(=O)c2ccc3c(c2)NC(=O)CO3)CC1. The van der Waals surface area contributed by atoms with Crippen molar-refractivity contribution in [1.29, 1.82) is 0 Å². The first-order valence-electron chi connectivity index (χ1n) is 7.83. The lowest BCUT2D eigenvalue weighted by Crippen LogP contribution is -2.53. The molecule has 0 radical (unpaired) electrons. The molecule has 10 heteroatoms. The molecule has 3 rings (SSSR count). The fourth-order valence-electron chi connectivity index (χ4n) is 2.86. The monoisotopic (exact) mass is 369 g/mol. The van der Waals surface area contributed by atoms with Crippen LogP contribution in [0.1, 0.15) is 6.92 Å². The van der Waals surface area contributed by atoms with E-state index >= 15 is 0 Å². The minimum atomic E-state index is -3.73. The van der Waals surface area contributed by atoms with E-state index in [2.05, 4.69) is 5.32 Å². The molecule has 1 unspecified atom stereocenters. The van der Waals surface area contributed by atoms with E-state index in [1.54, 1.807) is 11.8 Å². The van der Waals surface area contributed by atoms with Gasteiger partial charge in [0.05, 0.1) is 10.6 Å². The van der Waals surface area contributed by atoms with Gasteiger partial charge in [0.1, 0.15) is 11.8 Å². The molecule has 0 aromatic heterocycles. The van der Waals surface area contributed by atoms with Crippen molar-refractivity contribution in [2.75, 3.05) is 38.1 Å². The lowest BCUT2D eigenvalue weighted by atomic mass is 10.2. The highest BCUT2D eigenvalue weighted by Crippen LogP contribution is 2.31. The van der Waals surface area contributed by atoms with Crippen molar-refractivity contribution in [3.8, 4) is 5.75 Å². The number of carbonyl (C=O) groups excluding carboxylic acids is 1. The number of aliphatic carboxylic acids is 1. The molecule has 0 bridgehead atoms. The number of carbonyl (C=O) groups is 2. The average Bonchev–Trinajstić information content (AvgIpc) is 2.60. The van der Waals surface area contributed by atoms with Crippen LogP contribution in [0.25, 0.3) is 0 Å². The number of carboxylic acids is 1. The van der Waals surface area contributed by atoms with Gasteiger partial charge in [-0.25, -0.2) is 8.42 Å². The standard InChI is InChI=1S/C15H19N3O6S/c1-10(15(20)21)17-4-6-18(7-5-17)25(22,23)11-2-3-13-12(8-11)16-14(19)9-24-13/h2-3,8,10H,4-7,9H2,1H3,(H,16,19)(H,20,21). The highest BCUT2D eigenvalue weighted by molar-refractivity contribution is 7.89. The van der Waals surface area contributed by atoms with E-state index < -0.39 is 22.0 Å². The predicted molar refractivity (Wildman–Crippen MR) is 88.0 cm³/mol. The molecule has 2 heterocycles. The van der Waals surface area contributed by atoms with Crippen molar-refractivity contribution in [3.05, 3.63) is 18.2 Å². The highest BCUT2D eigenvalue weighted by atomic mass is 32.2. The Bertz CT molecular complexity index is 801. The largest absolute Gasteiger partial charge is 0.482 e. The van der Waals surface area contributed by atoms with Crippen LogP contribution < -0.4 is 10.1 Å². The highest BCUT2D eigenvalue weighted by Gasteiger charge is 2.32. The summed E-state index contributed by atoms with van der Waals surface area (Å²) in [6, 6.07) is 3.69. The number of anilines is 1. The van der Waals surface area contributed by atoms with Crippen molar-refractivity contribution in [1.82, 2.24) is 9.21 Å². The molecule has 0 aliphatic carbocycles. The Balaban J connectivity index is 1.76. The molecule has 2 aliphatic rings. The van der Waals surface area contributed by atoms with Crippen LogP contribution in [-0.4, -0.2) is 73.4 Å². The maximum Gasteiger partial charge on any atom is 0.320 e. The summed E-state index contributed by atoms with van der Waals surface area (Å²) in [5, 5.41) is 11.6. The summed E-state index contributed by atoms with van der Waals surface area (Å²) in [6.45, 7) is 2.59. The summed E-state index contributed by atoms with van der Waals surface area (Å²) in [5.41, 5.74) is 0.329. The van der Waals surface area contributed by atoms with Gasteiger partial charge in [-0.15, -0.1) is 0 Å². The second-order valence-corrected chi connectivity index (χ2v) is 7.89. The maximum absolute atomic E-state index is 12.8. The Hall–Kier alpha value is -2.17. The Morgan fingerprint density at radius 2 is 1.96 bits per heavy atom. The van der Waals surface area contributed by atoms with Crippen LogP contribution in [0.3, 0.4) is 0 Å². The number of fused-ring (bicyclic) bond motifs is 1. The molecule has 9 nitrogen and oxygen atoms in total. The molecule has 136 valence electrons. The first-order valence-corrected chi connectivity index (χ1v) is 9.27. The second-order valence-electron chi connectivity index (χ2n) is 5.95. The van der Waals surface area contributed by atoms with Crippen LogP contribution in [0.5, 0.6) is 5.75 Å². The fourth-order valence-corrected chi connectivity index (χ4v) is 4.31. The van der Waals surface area contributed by atoms with Crippen LogP contribution in [-0.2, 0) is 19.6 Å². The van der Waals surface area contributed by atoms with Gasteiger partial charge in [-0.2, -0.15) is 4.31 Å². The first-order chi connectivity index (χ1) is 11.8. The van der Waals surface area contributed by atoms with Crippen LogP contribution in [0.2, 0.25) is 0 Å². The first kappa shape index (κ1) is 17.6. The number of benzene rings is 1. The third-order valence-corrected chi connectivity index (χ3v) is 6.29. The minimum Gasteiger partial charge on any atom is -0.482 e. The van der Waals surface area contributed by atoms with Gasteiger partial charge in [-0.1, -0.05) is 0 Å².